The fraction of sp³-hybridized carbons (Fsp3) is 0.409. The first-order chi connectivity index (χ1) is 15.5. The number of amides is 2. The Bertz CT molecular complexity index is 1240. The molecule has 1 fully saturated rings. The molecule has 0 radical (unpaired) electrons. The Hall–Kier alpha value is -3.27. The molecule has 0 atom stereocenters. The lowest BCUT2D eigenvalue weighted by molar-refractivity contribution is -0.131. The minimum atomic E-state index is -0.502. The van der Waals surface area contributed by atoms with Gasteiger partial charge in [-0.05, 0) is 37.0 Å². The maximum absolute atomic E-state index is 12.7. The van der Waals surface area contributed by atoms with Gasteiger partial charge in [0.2, 0.25) is 11.8 Å². The standard InChI is InChI=1S/C22H24N6O3S/c23-20(30)13-4-6-17(24-12-13)27-8-10-28(11-9-27)18(29)7-5-16-25-21(31)19-14-2-1-3-15(14)32-22(19)26-16/h4,6,12H,1-3,5,7-11H2,(H2,23,30)(H,25,26,31). The Morgan fingerprint density at radius 2 is 1.97 bits per heavy atom. The van der Waals surface area contributed by atoms with Gasteiger partial charge in [0.1, 0.15) is 16.5 Å². The Morgan fingerprint density at radius 1 is 1.16 bits per heavy atom. The summed E-state index contributed by atoms with van der Waals surface area (Å²) in [6, 6.07) is 3.44. The minimum absolute atomic E-state index is 0.0538. The number of primary amides is 1. The van der Waals surface area contributed by atoms with Gasteiger partial charge in [0, 0.05) is 50.1 Å². The summed E-state index contributed by atoms with van der Waals surface area (Å²) in [5.74, 6) is 0.893. The van der Waals surface area contributed by atoms with E-state index in [1.54, 1.807) is 23.5 Å². The van der Waals surface area contributed by atoms with Gasteiger partial charge in [-0.2, -0.15) is 0 Å². The average Bonchev–Trinajstić information content (AvgIpc) is 3.38. The van der Waals surface area contributed by atoms with Crippen molar-refractivity contribution in [2.75, 3.05) is 31.1 Å². The molecule has 5 rings (SSSR count). The SMILES string of the molecule is NC(=O)c1ccc(N2CCN(C(=O)CCc3nc4sc5c(c4c(=O)[nH]3)CCC5)CC2)nc1. The number of carbonyl (C=O) groups excluding carboxylic acids is 2. The number of nitrogens with zero attached hydrogens (tertiary/aromatic N) is 4. The number of nitrogens with one attached hydrogen (secondary N) is 1. The Labute approximate surface area is 188 Å². The lowest BCUT2D eigenvalue weighted by Crippen LogP contribution is -2.49. The number of carbonyl (C=O) groups is 2. The molecule has 0 bridgehead atoms. The highest BCUT2D eigenvalue weighted by Gasteiger charge is 2.23. The smallest absolute Gasteiger partial charge is 0.259 e. The highest BCUT2D eigenvalue weighted by molar-refractivity contribution is 7.18. The van der Waals surface area contributed by atoms with Crippen LogP contribution in [-0.2, 0) is 24.1 Å². The molecule has 1 aliphatic heterocycles. The number of aromatic nitrogens is 3. The van der Waals surface area contributed by atoms with Crippen molar-refractivity contribution in [3.63, 3.8) is 0 Å². The quantitative estimate of drug-likeness (QED) is 0.600. The molecule has 9 nitrogen and oxygen atoms in total. The highest BCUT2D eigenvalue weighted by atomic mass is 32.1. The molecular weight excluding hydrogens is 428 g/mol. The van der Waals surface area contributed by atoms with Crippen molar-refractivity contribution in [1.29, 1.82) is 0 Å². The average molecular weight is 453 g/mol. The van der Waals surface area contributed by atoms with Crippen LogP contribution in [0, 0.1) is 0 Å². The zero-order valence-electron chi connectivity index (χ0n) is 17.6. The van der Waals surface area contributed by atoms with Gasteiger partial charge in [-0.3, -0.25) is 14.4 Å². The molecule has 1 aliphatic carbocycles. The highest BCUT2D eigenvalue weighted by Crippen LogP contribution is 2.34. The van der Waals surface area contributed by atoms with Gasteiger partial charge >= 0.3 is 0 Å². The van der Waals surface area contributed by atoms with Crippen LogP contribution in [-0.4, -0.2) is 57.8 Å². The molecule has 0 unspecified atom stereocenters. The number of fused-ring (bicyclic) bond motifs is 3. The predicted molar refractivity (Wildman–Crippen MR) is 122 cm³/mol. The van der Waals surface area contributed by atoms with Crippen molar-refractivity contribution in [2.24, 2.45) is 5.73 Å². The van der Waals surface area contributed by atoms with E-state index in [1.807, 2.05) is 4.90 Å². The number of H-pyrrole nitrogens is 1. The van der Waals surface area contributed by atoms with Gasteiger partial charge in [0.05, 0.1) is 10.9 Å². The zero-order chi connectivity index (χ0) is 22.2. The third-order valence-corrected chi connectivity index (χ3v) is 7.37. The lowest BCUT2D eigenvalue weighted by Gasteiger charge is -2.35. The summed E-state index contributed by atoms with van der Waals surface area (Å²) in [7, 11) is 0. The van der Waals surface area contributed by atoms with Crippen molar-refractivity contribution in [3.8, 4) is 0 Å². The Morgan fingerprint density at radius 3 is 2.69 bits per heavy atom. The van der Waals surface area contributed by atoms with E-state index in [-0.39, 0.29) is 11.5 Å². The Kier molecular flexibility index (Phi) is 5.38. The summed E-state index contributed by atoms with van der Waals surface area (Å²) in [6.45, 7) is 2.52. The van der Waals surface area contributed by atoms with Crippen molar-refractivity contribution < 1.29 is 9.59 Å². The first-order valence-corrected chi connectivity index (χ1v) is 11.6. The van der Waals surface area contributed by atoms with Gasteiger partial charge in [0.25, 0.3) is 5.56 Å². The maximum atomic E-state index is 12.7. The lowest BCUT2D eigenvalue weighted by atomic mass is 10.2. The number of piperazine rings is 1. The summed E-state index contributed by atoms with van der Waals surface area (Å²) >= 11 is 1.61. The van der Waals surface area contributed by atoms with E-state index in [0.717, 1.165) is 40.9 Å². The first-order valence-electron chi connectivity index (χ1n) is 10.8. The largest absolute Gasteiger partial charge is 0.366 e. The van der Waals surface area contributed by atoms with Gasteiger partial charge in [-0.15, -0.1) is 11.3 Å². The second-order valence-corrected chi connectivity index (χ2v) is 9.27. The topological polar surface area (TPSA) is 125 Å². The predicted octanol–water partition coefficient (Wildman–Crippen LogP) is 1.25. The summed E-state index contributed by atoms with van der Waals surface area (Å²) in [5.41, 5.74) is 6.71. The van der Waals surface area contributed by atoms with Crippen LogP contribution in [0.15, 0.2) is 23.1 Å². The number of aryl methyl sites for hydroxylation is 3. The normalized spacial score (nSPS) is 15.9. The molecule has 0 aromatic carbocycles. The van der Waals surface area contributed by atoms with Crippen molar-refractivity contribution >= 4 is 39.2 Å². The molecule has 3 aromatic rings. The van der Waals surface area contributed by atoms with Crippen LogP contribution in [0.5, 0.6) is 0 Å². The molecule has 2 amide bonds. The summed E-state index contributed by atoms with van der Waals surface area (Å²) in [4.78, 5) is 54.3. The fourth-order valence-corrected chi connectivity index (χ4v) is 5.73. The maximum Gasteiger partial charge on any atom is 0.259 e. The van der Waals surface area contributed by atoms with E-state index < -0.39 is 5.91 Å². The molecule has 10 heteroatoms. The number of hydrogen-bond donors (Lipinski definition) is 2. The van der Waals surface area contributed by atoms with Crippen LogP contribution in [0.3, 0.4) is 0 Å². The number of aromatic amines is 1. The number of hydrogen-bond acceptors (Lipinski definition) is 7. The van der Waals surface area contributed by atoms with E-state index in [0.29, 0.717) is 50.4 Å². The van der Waals surface area contributed by atoms with Crippen LogP contribution in [0.2, 0.25) is 0 Å². The van der Waals surface area contributed by atoms with Crippen molar-refractivity contribution in [1.82, 2.24) is 19.9 Å². The van der Waals surface area contributed by atoms with E-state index in [2.05, 4.69) is 19.9 Å². The van der Waals surface area contributed by atoms with E-state index in [9.17, 15) is 14.4 Å². The summed E-state index contributed by atoms with van der Waals surface area (Å²) in [5, 5.41) is 0.742. The molecule has 0 spiro atoms. The van der Waals surface area contributed by atoms with Crippen LogP contribution in [0.1, 0.15) is 39.5 Å². The minimum Gasteiger partial charge on any atom is -0.366 e. The molecule has 32 heavy (non-hydrogen) atoms. The molecular formula is C22H24N6O3S. The monoisotopic (exact) mass is 452 g/mol. The van der Waals surface area contributed by atoms with E-state index in [1.165, 1.54) is 11.1 Å². The van der Waals surface area contributed by atoms with E-state index >= 15 is 0 Å². The van der Waals surface area contributed by atoms with Gasteiger partial charge in [-0.25, -0.2) is 9.97 Å². The summed E-state index contributed by atoms with van der Waals surface area (Å²) < 4.78 is 0. The second kappa shape index (κ2) is 8.34. The van der Waals surface area contributed by atoms with Gasteiger partial charge in [-0.1, -0.05) is 0 Å². The fourth-order valence-electron chi connectivity index (χ4n) is 4.45. The molecule has 166 valence electrons. The van der Waals surface area contributed by atoms with Gasteiger partial charge < -0.3 is 20.5 Å². The summed E-state index contributed by atoms with van der Waals surface area (Å²) in [6.07, 6.45) is 5.29. The van der Waals surface area contributed by atoms with Gasteiger partial charge in [0.15, 0.2) is 0 Å². The zero-order valence-corrected chi connectivity index (χ0v) is 18.4. The second-order valence-electron chi connectivity index (χ2n) is 8.19. The molecule has 3 N–H and O–H groups in total. The van der Waals surface area contributed by atoms with Crippen LogP contribution < -0.4 is 16.2 Å². The number of thiophene rings is 1. The molecule has 4 heterocycles. The van der Waals surface area contributed by atoms with Crippen LogP contribution >= 0.6 is 11.3 Å². The number of pyridine rings is 1. The number of nitrogens with two attached hydrogens (primary N) is 1. The number of anilines is 1. The van der Waals surface area contributed by atoms with Crippen LogP contribution in [0.25, 0.3) is 10.2 Å². The van der Waals surface area contributed by atoms with E-state index in [4.69, 9.17) is 5.73 Å². The van der Waals surface area contributed by atoms with Crippen LogP contribution in [0.4, 0.5) is 5.82 Å². The number of rotatable bonds is 5. The molecule has 3 aromatic heterocycles. The third kappa shape index (κ3) is 3.86. The van der Waals surface area contributed by atoms with Crippen molar-refractivity contribution in [3.05, 3.63) is 50.5 Å². The third-order valence-electron chi connectivity index (χ3n) is 6.19. The Balaban J connectivity index is 1.18. The van der Waals surface area contributed by atoms with Crippen molar-refractivity contribution in [2.45, 2.75) is 32.1 Å². The molecule has 0 saturated carbocycles. The first kappa shape index (κ1) is 20.6. The molecule has 1 saturated heterocycles. The molecule has 2 aliphatic rings.